The molecule has 0 saturated heterocycles. The number of nitrogens with zero attached hydrogens (tertiary/aromatic N) is 1. The van der Waals surface area contributed by atoms with Gasteiger partial charge in [-0.15, -0.1) is 0 Å². The Bertz CT molecular complexity index is 915. The van der Waals surface area contributed by atoms with Crippen molar-refractivity contribution in [2.45, 2.75) is 66.9 Å². The van der Waals surface area contributed by atoms with Gasteiger partial charge in [0.2, 0.25) is 0 Å². The molecule has 2 aliphatic carbocycles. The van der Waals surface area contributed by atoms with Gasteiger partial charge >= 0.3 is 5.97 Å². The Balaban J connectivity index is 2.06. The molecule has 0 unspecified atom stereocenters. The SMILES string of the molecule is COc1ccc([N+](=O)[O-])c([C@@H](OC(=O)[C@@]23CC[C@@](C)(C(=O)C2)C3(C)C)C(C)(C)C)c1. The fraction of sp³-hybridized carbons (Fsp3) is 0.652. The molecule has 1 aromatic carbocycles. The molecule has 2 aliphatic rings. The largest absolute Gasteiger partial charge is 0.497 e. The third kappa shape index (κ3) is 2.93. The minimum Gasteiger partial charge on any atom is -0.497 e. The molecule has 0 N–H and O–H groups in total. The van der Waals surface area contributed by atoms with E-state index in [1.807, 2.05) is 41.5 Å². The molecule has 7 nitrogen and oxygen atoms in total. The summed E-state index contributed by atoms with van der Waals surface area (Å²) in [5.41, 5.74) is -2.45. The second-order valence-electron chi connectivity index (χ2n) is 10.5. The summed E-state index contributed by atoms with van der Waals surface area (Å²) in [7, 11) is 1.48. The topological polar surface area (TPSA) is 95.7 Å². The number of carbonyl (C=O) groups is 2. The van der Waals surface area contributed by atoms with Crippen LogP contribution in [-0.2, 0) is 14.3 Å². The fourth-order valence-corrected chi connectivity index (χ4v) is 5.27. The quantitative estimate of drug-likeness (QED) is 0.379. The predicted octanol–water partition coefficient (Wildman–Crippen LogP) is 5.02. The average molecular weight is 418 g/mol. The van der Waals surface area contributed by atoms with Crippen molar-refractivity contribution in [2.24, 2.45) is 21.7 Å². The maximum absolute atomic E-state index is 13.6. The number of methoxy groups -OCH3 is 1. The number of fused-ring (bicyclic) bond motifs is 2. The normalized spacial score (nSPS) is 28.3. The zero-order valence-electron chi connectivity index (χ0n) is 18.8. The van der Waals surface area contributed by atoms with Gasteiger partial charge < -0.3 is 9.47 Å². The summed E-state index contributed by atoms with van der Waals surface area (Å²) < 4.78 is 11.3. The highest BCUT2D eigenvalue weighted by atomic mass is 16.6. The number of hydrogen-bond donors (Lipinski definition) is 0. The van der Waals surface area contributed by atoms with E-state index >= 15 is 0 Å². The molecule has 2 bridgehead atoms. The third-order valence-corrected chi connectivity index (χ3v) is 7.82. The lowest BCUT2D eigenvalue weighted by molar-refractivity contribution is -0.386. The van der Waals surface area contributed by atoms with Crippen molar-refractivity contribution >= 4 is 17.4 Å². The van der Waals surface area contributed by atoms with Crippen LogP contribution in [-0.4, -0.2) is 23.8 Å². The first-order valence-electron chi connectivity index (χ1n) is 10.3. The Hall–Kier alpha value is -2.44. The number of hydrogen-bond acceptors (Lipinski definition) is 6. The van der Waals surface area contributed by atoms with E-state index in [1.165, 1.54) is 19.2 Å². The number of nitro groups is 1. The van der Waals surface area contributed by atoms with Crippen molar-refractivity contribution < 1.29 is 24.0 Å². The molecule has 2 fully saturated rings. The van der Waals surface area contributed by atoms with Gasteiger partial charge in [-0.3, -0.25) is 19.7 Å². The van der Waals surface area contributed by atoms with Crippen LogP contribution in [0.2, 0.25) is 0 Å². The second kappa shape index (κ2) is 6.79. The lowest BCUT2D eigenvalue weighted by Crippen LogP contribution is -2.43. The molecule has 2 saturated carbocycles. The molecule has 3 rings (SSSR count). The maximum atomic E-state index is 13.6. The van der Waals surface area contributed by atoms with Gasteiger partial charge in [0.05, 0.1) is 23.0 Å². The van der Waals surface area contributed by atoms with Crippen LogP contribution in [0.3, 0.4) is 0 Å². The van der Waals surface area contributed by atoms with Crippen molar-refractivity contribution in [2.75, 3.05) is 7.11 Å². The van der Waals surface area contributed by atoms with E-state index in [4.69, 9.17) is 9.47 Å². The Morgan fingerprint density at radius 2 is 1.83 bits per heavy atom. The smallest absolute Gasteiger partial charge is 0.313 e. The van der Waals surface area contributed by atoms with Gasteiger partial charge in [-0.25, -0.2) is 0 Å². The molecule has 164 valence electrons. The zero-order chi connectivity index (χ0) is 22.7. The Kier molecular flexibility index (Phi) is 5.03. The Morgan fingerprint density at radius 1 is 1.20 bits per heavy atom. The molecule has 1 aromatic rings. The Labute approximate surface area is 177 Å². The van der Waals surface area contributed by atoms with E-state index in [0.29, 0.717) is 24.2 Å². The molecule has 7 heteroatoms. The number of esters is 1. The van der Waals surface area contributed by atoms with Crippen LogP contribution in [0.4, 0.5) is 5.69 Å². The van der Waals surface area contributed by atoms with E-state index in [-0.39, 0.29) is 17.9 Å². The summed E-state index contributed by atoms with van der Waals surface area (Å²) in [5, 5.41) is 11.7. The van der Waals surface area contributed by atoms with Crippen LogP contribution in [0.1, 0.15) is 72.5 Å². The van der Waals surface area contributed by atoms with Crippen molar-refractivity contribution in [3.63, 3.8) is 0 Å². The number of rotatable bonds is 5. The van der Waals surface area contributed by atoms with Crippen molar-refractivity contribution in [1.29, 1.82) is 0 Å². The van der Waals surface area contributed by atoms with E-state index in [2.05, 4.69) is 0 Å². The van der Waals surface area contributed by atoms with Crippen LogP contribution >= 0.6 is 0 Å². The highest BCUT2D eigenvalue weighted by Crippen LogP contribution is 2.71. The van der Waals surface area contributed by atoms with Crippen molar-refractivity contribution in [1.82, 2.24) is 0 Å². The first-order chi connectivity index (χ1) is 13.7. The molecule has 0 amide bonds. The van der Waals surface area contributed by atoms with Gasteiger partial charge in [0.1, 0.15) is 17.6 Å². The number of ether oxygens (including phenoxy) is 2. The molecule has 0 heterocycles. The second-order valence-corrected chi connectivity index (χ2v) is 10.5. The van der Waals surface area contributed by atoms with Crippen molar-refractivity contribution in [3.05, 3.63) is 33.9 Å². The van der Waals surface area contributed by atoms with E-state index in [9.17, 15) is 19.7 Å². The van der Waals surface area contributed by atoms with E-state index in [0.717, 1.165) is 0 Å². The summed E-state index contributed by atoms with van der Waals surface area (Å²) in [6, 6.07) is 4.44. The standard InChI is InChI=1S/C23H31NO6/c1-20(2,3)18(15-12-14(29-7)8-9-16(15)24(27)28)30-19(26)23-11-10-22(6,17(25)13-23)21(23,4)5/h8-9,12,18H,10-11,13H2,1-7H3/t18-,22+,23-/m1/s1. The zero-order valence-corrected chi connectivity index (χ0v) is 18.8. The third-order valence-electron chi connectivity index (χ3n) is 7.82. The molecular formula is C23H31NO6. The average Bonchev–Trinajstić information content (AvgIpc) is 2.94. The summed E-state index contributed by atoms with van der Waals surface area (Å²) in [6.45, 7) is 11.5. The number of Topliss-reactive ketones (excluding diaryl/α,β-unsaturated/α-hetero) is 1. The van der Waals surface area contributed by atoms with Gasteiger partial charge in [0.25, 0.3) is 5.69 Å². The number of nitro benzene ring substituents is 1. The predicted molar refractivity (Wildman–Crippen MR) is 111 cm³/mol. The molecule has 0 radical (unpaired) electrons. The number of ketones is 1. The number of benzene rings is 1. The first-order valence-corrected chi connectivity index (χ1v) is 10.3. The number of carbonyl (C=O) groups excluding carboxylic acids is 2. The molecule has 3 atom stereocenters. The van der Waals surface area contributed by atoms with Crippen LogP contribution < -0.4 is 4.74 Å². The van der Waals surface area contributed by atoms with E-state index < -0.39 is 38.7 Å². The van der Waals surface area contributed by atoms with Gasteiger partial charge in [0, 0.05) is 23.3 Å². The summed E-state index contributed by atoms with van der Waals surface area (Å²) in [4.78, 5) is 37.6. The molecular weight excluding hydrogens is 386 g/mol. The maximum Gasteiger partial charge on any atom is 0.313 e. The van der Waals surface area contributed by atoms with Crippen LogP contribution in [0.15, 0.2) is 18.2 Å². The summed E-state index contributed by atoms with van der Waals surface area (Å²) in [5.74, 6) is 0.0957. The highest BCUT2D eigenvalue weighted by molar-refractivity contribution is 5.98. The van der Waals surface area contributed by atoms with Crippen LogP contribution in [0.25, 0.3) is 0 Å². The highest BCUT2D eigenvalue weighted by Gasteiger charge is 2.73. The van der Waals surface area contributed by atoms with Gasteiger partial charge in [-0.05, 0) is 30.4 Å². The first kappa shape index (κ1) is 22.2. The minimum atomic E-state index is -0.907. The lowest BCUT2D eigenvalue weighted by Gasteiger charge is -2.40. The van der Waals surface area contributed by atoms with E-state index in [1.54, 1.807) is 6.07 Å². The monoisotopic (exact) mass is 417 g/mol. The molecule has 0 aromatic heterocycles. The van der Waals surface area contributed by atoms with Crippen LogP contribution in [0, 0.1) is 31.8 Å². The van der Waals surface area contributed by atoms with Crippen molar-refractivity contribution in [3.8, 4) is 5.75 Å². The minimum absolute atomic E-state index is 0.0929. The molecule has 0 aliphatic heterocycles. The van der Waals surface area contributed by atoms with Crippen LogP contribution in [0.5, 0.6) is 5.75 Å². The Morgan fingerprint density at radius 3 is 2.27 bits per heavy atom. The fourth-order valence-electron chi connectivity index (χ4n) is 5.27. The summed E-state index contributed by atoms with van der Waals surface area (Å²) >= 11 is 0. The van der Waals surface area contributed by atoms with Gasteiger partial charge in [-0.1, -0.05) is 41.5 Å². The summed E-state index contributed by atoms with van der Waals surface area (Å²) in [6.07, 6.45) is 0.519. The van der Waals surface area contributed by atoms with Gasteiger partial charge in [-0.2, -0.15) is 0 Å². The lowest BCUT2D eigenvalue weighted by atomic mass is 9.65. The molecule has 0 spiro atoms. The molecule has 30 heavy (non-hydrogen) atoms. The van der Waals surface area contributed by atoms with Gasteiger partial charge in [0.15, 0.2) is 0 Å².